The minimum absolute atomic E-state index is 0.0250. The van der Waals surface area contributed by atoms with Gasteiger partial charge in [0.05, 0.1) is 5.69 Å². The van der Waals surface area contributed by atoms with Crippen LogP contribution in [0.15, 0.2) is 30.1 Å². The summed E-state index contributed by atoms with van der Waals surface area (Å²) in [6.45, 7) is 3.67. The largest absolute Gasteiger partial charge is 0.341 e. The number of rotatable bonds is 4. The summed E-state index contributed by atoms with van der Waals surface area (Å²) in [6.07, 6.45) is 6.03. The number of hydrogen-bond donors (Lipinski definition) is 2. The third-order valence-electron chi connectivity index (χ3n) is 3.03. The lowest BCUT2D eigenvalue weighted by molar-refractivity contribution is -0.139. The van der Waals surface area contributed by atoms with Gasteiger partial charge in [0.15, 0.2) is 0 Å². The number of carbonyl (C=O) groups excluding carboxylic acids is 1. The Morgan fingerprint density at radius 2 is 2.58 bits per heavy atom. The molecule has 100 valence electrons. The monoisotopic (exact) mass is 296 g/mol. The molecule has 2 atom stereocenters. The average molecular weight is 297 g/mol. The number of fused-ring (bicyclic) bond motifs is 1. The first-order valence-corrected chi connectivity index (χ1v) is 7.33. The summed E-state index contributed by atoms with van der Waals surface area (Å²) >= 11 is 7.57. The predicted molar refractivity (Wildman–Crippen MR) is 76.9 cm³/mol. The van der Waals surface area contributed by atoms with Gasteiger partial charge in [-0.15, -0.1) is 18.3 Å². The van der Waals surface area contributed by atoms with Crippen molar-refractivity contribution in [1.82, 2.24) is 14.9 Å². The molecule has 1 fully saturated rings. The van der Waals surface area contributed by atoms with E-state index in [0.717, 1.165) is 11.4 Å². The van der Waals surface area contributed by atoms with E-state index in [4.69, 9.17) is 11.6 Å². The maximum Gasteiger partial charge on any atom is 0.253 e. The number of thioether (sulfide) groups is 1. The maximum absolute atomic E-state index is 12.0. The Morgan fingerprint density at radius 3 is 3.37 bits per heavy atom. The van der Waals surface area contributed by atoms with Crippen LogP contribution in [0.25, 0.3) is 0 Å². The van der Waals surface area contributed by atoms with Gasteiger partial charge in [-0.1, -0.05) is 17.7 Å². The lowest BCUT2D eigenvalue weighted by Crippen LogP contribution is -2.65. The van der Waals surface area contributed by atoms with E-state index >= 15 is 0 Å². The molecule has 5 nitrogen and oxygen atoms in total. The number of aromatic nitrogens is 2. The Kier molecular flexibility index (Phi) is 3.28. The van der Waals surface area contributed by atoms with Gasteiger partial charge in [-0.25, -0.2) is 4.98 Å². The minimum atomic E-state index is -0.242. The van der Waals surface area contributed by atoms with E-state index < -0.39 is 0 Å². The number of nitrogens with zero attached hydrogens (tertiary/aromatic N) is 2. The second-order valence-corrected chi connectivity index (χ2v) is 5.97. The van der Waals surface area contributed by atoms with Crippen LogP contribution in [0.2, 0.25) is 0 Å². The Labute approximate surface area is 120 Å². The summed E-state index contributed by atoms with van der Waals surface area (Å²) < 4.78 is 0. The van der Waals surface area contributed by atoms with Crippen LogP contribution in [0.1, 0.15) is 5.69 Å². The molecule has 1 amide bonds. The molecule has 0 radical (unpaired) electrons. The molecule has 3 rings (SSSR count). The molecule has 0 aromatic carbocycles. The SMILES string of the molecule is C=CCc1c[nH]c(NC2C(=O)N3C=C(Cl)CS[C@@H]23)n1. The number of H-pyrrole nitrogens is 1. The number of amides is 1. The van der Waals surface area contributed by atoms with E-state index in [1.54, 1.807) is 28.9 Å². The standard InChI is InChI=1S/C12H13ClN4OS/c1-2-3-8-4-14-12(15-8)16-9-10(18)17-5-7(13)6-19-11(9)17/h2,4-5,9,11H,1,3,6H2,(H2,14,15,16)/t9?,11-/m0/s1. The lowest BCUT2D eigenvalue weighted by atomic mass is 10.1. The van der Waals surface area contributed by atoms with Gasteiger partial charge >= 0.3 is 0 Å². The fraction of sp³-hybridized carbons (Fsp3) is 0.333. The molecule has 1 saturated heterocycles. The zero-order valence-electron chi connectivity index (χ0n) is 10.1. The summed E-state index contributed by atoms with van der Waals surface area (Å²) in [5.74, 6) is 1.39. The van der Waals surface area contributed by atoms with E-state index in [2.05, 4.69) is 21.9 Å². The molecule has 0 spiro atoms. The maximum atomic E-state index is 12.0. The third-order valence-corrected chi connectivity index (χ3v) is 4.74. The topological polar surface area (TPSA) is 61.0 Å². The van der Waals surface area contributed by atoms with Crippen molar-refractivity contribution in [3.8, 4) is 0 Å². The van der Waals surface area contributed by atoms with Gasteiger partial charge in [-0.05, 0) is 0 Å². The van der Waals surface area contributed by atoms with Crippen LogP contribution in [-0.2, 0) is 11.2 Å². The zero-order chi connectivity index (χ0) is 13.4. The van der Waals surface area contributed by atoms with Gasteiger partial charge in [-0.3, -0.25) is 4.79 Å². The number of anilines is 1. The molecule has 7 heteroatoms. The number of hydrogen-bond acceptors (Lipinski definition) is 4. The normalized spacial score (nSPS) is 25.4. The molecule has 0 aliphatic carbocycles. The van der Waals surface area contributed by atoms with Crippen LogP contribution in [0.3, 0.4) is 0 Å². The lowest BCUT2D eigenvalue weighted by Gasteiger charge is -2.46. The van der Waals surface area contributed by atoms with E-state index in [1.165, 1.54) is 0 Å². The highest BCUT2D eigenvalue weighted by Gasteiger charge is 2.48. The molecule has 1 aromatic heterocycles. The molecule has 0 saturated carbocycles. The van der Waals surface area contributed by atoms with Crippen molar-refractivity contribution in [2.24, 2.45) is 0 Å². The Hall–Kier alpha value is -1.40. The Morgan fingerprint density at radius 1 is 1.74 bits per heavy atom. The van der Waals surface area contributed by atoms with Crippen molar-refractivity contribution in [3.63, 3.8) is 0 Å². The van der Waals surface area contributed by atoms with Crippen molar-refractivity contribution in [2.75, 3.05) is 11.1 Å². The van der Waals surface area contributed by atoms with Gasteiger partial charge in [-0.2, -0.15) is 0 Å². The second-order valence-electron chi connectivity index (χ2n) is 4.38. The predicted octanol–water partition coefficient (Wildman–Crippen LogP) is 1.91. The smallest absolute Gasteiger partial charge is 0.253 e. The average Bonchev–Trinajstić information content (AvgIpc) is 2.84. The van der Waals surface area contributed by atoms with E-state index in [1.807, 2.05) is 6.20 Å². The first-order chi connectivity index (χ1) is 9.19. The summed E-state index contributed by atoms with van der Waals surface area (Å²) in [6, 6.07) is -0.242. The van der Waals surface area contributed by atoms with E-state index in [9.17, 15) is 4.79 Å². The fourth-order valence-corrected chi connectivity index (χ4v) is 3.52. The Balaban J connectivity index is 1.68. The molecule has 1 aromatic rings. The van der Waals surface area contributed by atoms with Crippen LogP contribution in [0, 0.1) is 0 Å². The van der Waals surface area contributed by atoms with E-state index in [0.29, 0.717) is 17.4 Å². The zero-order valence-corrected chi connectivity index (χ0v) is 11.7. The number of β-lactam (4-membered cyclic amide) rings is 1. The summed E-state index contributed by atoms with van der Waals surface area (Å²) in [7, 11) is 0. The summed E-state index contributed by atoms with van der Waals surface area (Å²) in [5.41, 5.74) is 0.903. The van der Waals surface area contributed by atoms with Crippen molar-refractivity contribution in [2.45, 2.75) is 17.8 Å². The van der Waals surface area contributed by atoms with Gasteiger partial charge in [0.25, 0.3) is 5.91 Å². The van der Waals surface area contributed by atoms with Crippen molar-refractivity contribution in [3.05, 3.63) is 35.8 Å². The molecule has 19 heavy (non-hydrogen) atoms. The number of allylic oxidation sites excluding steroid dienone is 1. The second kappa shape index (κ2) is 4.94. The molecule has 1 unspecified atom stereocenters. The number of imidazole rings is 1. The summed E-state index contributed by atoms with van der Waals surface area (Å²) in [4.78, 5) is 21.0. The van der Waals surface area contributed by atoms with E-state index in [-0.39, 0.29) is 17.3 Å². The fourth-order valence-electron chi connectivity index (χ4n) is 2.12. The van der Waals surface area contributed by atoms with Crippen LogP contribution < -0.4 is 5.32 Å². The van der Waals surface area contributed by atoms with Crippen LogP contribution >= 0.6 is 23.4 Å². The van der Waals surface area contributed by atoms with Crippen molar-refractivity contribution >= 4 is 35.2 Å². The number of carbonyl (C=O) groups is 1. The van der Waals surface area contributed by atoms with Gasteiger partial charge in [0, 0.05) is 29.6 Å². The number of nitrogens with one attached hydrogen (secondary N) is 2. The molecular weight excluding hydrogens is 284 g/mol. The van der Waals surface area contributed by atoms with Crippen molar-refractivity contribution in [1.29, 1.82) is 0 Å². The first kappa shape index (κ1) is 12.6. The highest BCUT2D eigenvalue weighted by atomic mass is 35.5. The van der Waals surface area contributed by atoms with Crippen LogP contribution in [0.5, 0.6) is 0 Å². The van der Waals surface area contributed by atoms with Gasteiger partial charge in [0.1, 0.15) is 11.4 Å². The molecule has 2 aliphatic rings. The van der Waals surface area contributed by atoms with Crippen LogP contribution in [-0.4, -0.2) is 37.9 Å². The molecule has 3 heterocycles. The highest BCUT2D eigenvalue weighted by molar-refractivity contribution is 8.00. The molecule has 0 bridgehead atoms. The Bertz CT molecular complexity index is 556. The minimum Gasteiger partial charge on any atom is -0.341 e. The number of halogens is 1. The molecule has 2 N–H and O–H groups in total. The van der Waals surface area contributed by atoms with Gasteiger partial charge in [0.2, 0.25) is 5.95 Å². The molecular formula is C12H13ClN4OS. The van der Waals surface area contributed by atoms with Gasteiger partial charge < -0.3 is 15.2 Å². The molecule has 2 aliphatic heterocycles. The third kappa shape index (κ3) is 2.26. The highest BCUT2D eigenvalue weighted by Crippen LogP contribution is 2.37. The van der Waals surface area contributed by atoms with Crippen molar-refractivity contribution < 1.29 is 4.79 Å². The number of aromatic amines is 1. The summed E-state index contributed by atoms with van der Waals surface area (Å²) in [5, 5.41) is 3.94. The first-order valence-electron chi connectivity index (χ1n) is 5.91. The quantitative estimate of drug-likeness (QED) is 0.658. The van der Waals surface area contributed by atoms with Crippen LogP contribution in [0.4, 0.5) is 5.95 Å².